The lowest BCUT2D eigenvalue weighted by atomic mass is 9.45. The van der Waals surface area contributed by atoms with Crippen molar-refractivity contribution in [2.24, 2.45) is 35.6 Å². The maximum atomic E-state index is 14.0. The number of aryl methyl sites for hydroxylation is 1. The molecular formula is C37H40N6O3S. The average molecular weight is 649 g/mol. The first-order valence-corrected chi connectivity index (χ1v) is 17.8. The number of hydrogen-bond donors (Lipinski definition) is 3. The molecule has 0 radical (unpaired) electrons. The zero-order valence-corrected chi connectivity index (χ0v) is 27.8. The summed E-state index contributed by atoms with van der Waals surface area (Å²) in [5.74, 6) is 1.17. The second-order valence-corrected chi connectivity index (χ2v) is 15.8. The third-order valence-electron chi connectivity index (χ3n) is 12.7. The van der Waals surface area contributed by atoms with E-state index in [2.05, 4.69) is 24.9 Å². The van der Waals surface area contributed by atoms with Gasteiger partial charge in [0.2, 0.25) is 5.95 Å². The number of fused-ring (bicyclic) bond motifs is 8. The Hall–Kier alpha value is -3.73. The number of aromatic nitrogens is 6. The quantitative estimate of drug-likeness (QED) is 0.204. The minimum Gasteiger partial charge on any atom is -0.393 e. The molecule has 7 unspecified atom stereocenters. The van der Waals surface area contributed by atoms with Gasteiger partial charge in [0.1, 0.15) is 5.60 Å². The molecule has 47 heavy (non-hydrogen) atoms. The van der Waals surface area contributed by atoms with Crippen LogP contribution in [0.4, 0.5) is 0 Å². The van der Waals surface area contributed by atoms with Crippen LogP contribution in [-0.4, -0.2) is 62.8 Å². The highest BCUT2D eigenvalue weighted by Gasteiger charge is 2.68. The second-order valence-electron chi connectivity index (χ2n) is 14.9. The summed E-state index contributed by atoms with van der Waals surface area (Å²) in [6.07, 6.45) is 7.97. The van der Waals surface area contributed by atoms with Gasteiger partial charge in [-0.3, -0.25) is 4.79 Å². The van der Waals surface area contributed by atoms with Gasteiger partial charge in [0.25, 0.3) is 0 Å². The van der Waals surface area contributed by atoms with Gasteiger partial charge in [-0.25, -0.2) is 14.6 Å². The summed E-state index contributed by atoms with van der Waals surface area (Å²) in [7, 11) is 1.96. The molecule has 242 valence electrons. The van der Waals surface area contributed by atoms with Crippen molar-refractivity contribution in [3.63, 3.8) is 0 Å². The Kier molecular flexibility index (Phi) is 6.34. The number of benzene rings is 2. The van der Waals surface area contributed by atoms with Crippen LogP contribution in [0.15, 0.2) is 65.5 Å². The van der Waals surface area contributed by atoms with Crippen molar-refractivity contribution in [3.8, 4) is 5.95 Å². The number of nitrogens with one attached hydrogen (secondary N) is 1. The van der Waals surface area contributed by atoms with E-state index < -0.39 is 17.1 Å². The number of H-pyrrole nitrogens is 1. The number of aromatic amines is 1. The van der Waals surface area contributed by atoms with Crippen molar-refractivity contribution >= 4 is 45.7 Å². The van der Waals surface area contributed by atoms with E-state index >= 15 is 0 Å². The summed E-state index contributed by atoms with van der Waals surface area (Å²) >= 11 is 1.39. The number of nitrogens with zero attached hydrogens (tertiary/aromatic N) is 5. The maximum Gasteiger partial charge on any atom is 0.229 e. The van der Waals surface area contributed by atoms with Crippen molar-refractivity contribution in [3.05, 3.63) is 71.6 Å². The Balaban J connectivity index is 0.981. The molecule has 4 aliphatic rings. The molecule has 3 heterocycles. The minimum absolute atomic E-state index is 0.0510. The van der Waals surface area contributed by atoms with Gasteiger partial charge in [-0.2, -0.15) is 5.10 Å². The van der Waals surface area contributed by atoms with E-state index in [4.69, 9.17) is 15.1 Å². The van der Waals surface area contributed by atoms with Crippen LogP contribution in [0.2, 0.25) is 0 Å². The molecule has 3 fully saturated rings. The largest absolute Gasteiger partial charge is 0.393 e. The van der Waals surface area contributed by atoms with E-state index in [1.807, 2.05) is 71.0 Å². The highest BCUT2D eigenvalue weighted by atomic mass is 32.2. The first-order valence-electron chi connectivity index (χ1n) is 16.8. The van der Waals surface area contributed by atoms with E-state index in [0.717, 1.165) is 64.2 Å². The van der Waals surface area contributed by atoms with Crippen molar-refractivity contribution in [2.75, 3.05) is 5.75 Å². The van der Waals surface area contributed by atoms with Crippen LogP contribution >= 0.6 is 11.8 Å². The molecule has 0 saturated heterocycles. The minimum atomic E-state index is -1.47. The summed E-state index contributed by atoms with van der Waals surface area (Å²) in [5.41, 5.74) is 5.02. The van der Waals surface area contributed by atoms with E-state index in [-0.39, 0.29) is 34.7 Å². The van der Waals surface area contributed by atoms with Gasteiger partial charge in [-0.15, -0.1) is 0 Å². The van der Waals surface area contributed by atoms with Crippen LogP contribution in [0.25, 0.3) is 34.1 Å². The number of aliphatic hydroxyl groups excluding tert-OH is 1. The number of aliphatic hydroxyl groups is 2. The molecule has 2 aromatic carbocycles. The number of rotatable bonds is 5. The van der Waals surface area contributed by atoms with Crippen LogP contribution in [0.5, 0.6) is 0 Å². The third-order valence-corrected chi connectivity index (χ3v) is 13.7. The lowest BCUT2D eigenvalue weighted by Gasteiger charge is -2.60. The summed E-state index contributed by atoms with van der Waals surface area (Å²) < 4.78 is 3.92. The SMILES string of the molecule is Cn1c(SCC(=O)C2(O)CCC3C4CCC5=Cc6c(cnn6-c6nc7ccccc7[nH]6)CC5(C)C4C(O)CC32C)nc2ccccc21. The van der Waals surface area contributed by atoms with Gasteiger partial charge in [0.15, 0.2) is 10.9 Å². The number of carbonyl (C=O) groups excluding carboxylic acids is 1. The van der Waals surface area contributed by atoms with E-state index in [9.17, 15) is 15.0 Å². The number of carbonyl (C=O) groups is 1. The Bertz CT molecular complexity index is 2080. The smallest absolute Gasteiger partial charge is 0.229 e. The molecule has 0 bridgehead atoms. The van der Waals surface area contributed by atoms with Gasteiger partial charge >= 0.3 is 0 Å². The van der Waals surface area contributed by atoms with Crippen molar-refractivity contribution < 1.29 is 15.0 Å². The topological polar surface area (TPSA) is 122 Å². The number of ketones is 1. The predicted octanol–water partition coefficient (Wildman–Crippen LogP) is 5.88. The zero-order chi connectivity index (χ0) is 32.3. The average Bonchev–Trinajstić information content (AvgIpc) is 3.81. The molecule has 5 aromatic rings. The van der Waals surface area contributed by atoms with Crippen LogP contribution in [0.1, 0.15) is 57.2 Å². The first kappa shape index (κ1) is 29.4. The number of Topliss-reactive ketones (excluding diaryl/α,β-unsaturated/α-hetero) is 1. The fraction of sp³-hybridized carbons (Fsp3) is 0.459. The number of allylic oxidation sites excluding steroid dienone is 1. The summed E-state index contributed by atoms with van der Waals surface area (Å²) in [6, 6.07) is 16.0. The molecule has 3 saturated carbocycles. The second kappa shape index (κ2) is 10.1. The van der Waals surface area contributed by atoms with Crippen molar-refractivity contribution in [2.45, 2.75) is 69.2 Å². The van der Waals surface area contributed by atoms with Gasteiger partial charge in [-0.1, -0.05) is 55.4 Å². The fourth-order valence-electron chi connectivity index (χ4n) is 10.4. The lowest BCUT2D eigenvalue weighted by Crippen LogP contribution is -2.62. The van der Waals surface area contributed by atoms with E-state index in [1.54, 1.807) is 0 Å². The van der Waals surface area contributed by atoms with Gasteiger partial charge < -0.3 is 19.8 Å². The van der Waals surface area contributed by atoms with Gasteiger partial charge in [0.05, 0.1) is 45.8 Å². The third kappa shape index (κ3) is 4.04. The Morgan fingerprint density at radius 3 is 2.68 bits per heavy atom. The molecule has 3 aromatic heterocycles. The zero-order valence-electron chi connectivity index (χ0n) is 27.0. The highest BCUT2D eigenvalue weighted by Crippen LogP contribution is 2.67. The monoisotopic (exact) mass is 648 g/mol. The van der Waals surface area contributed by atoms with Gasteiger partial charge in [0, 0.05) is 12.5 Å². The molecule has 9 rings (SSSR count). The molecule has 0 aliphatic heterocycles. The van der Waals surface area contributed by atoms with Crippen LogP contribution < -0.4 is 0 Å². The molecule has 4 aliphatic carbocycles. The molecule has 0 amide bonds. The molecule has 0 spiro atoms. The molecule has 7 atom stereocenters. The summed E-state index contributed by atoms with van der Waals surface area (Å²) in [4.78, 5) is 26.9. The summed E-state index contributed by atoms with van der Waals surface area (Å²) in [6.45, 7) is 4.40. The van der Waals surface area contributed by atoms with Crippen molar-refractivity contribution in [1.82, 2.24) is 29.3 Å². The highest BCUT2D eigenvalue weighted by molar-refractivity contribution is 7.99. The number of hydrogen-bond acceptors (Lipinski definition) is 7. The number of thioether (sulfide) groups is 1. The number of imidazole rings is 2. The van der Waals surface area contributed by atoms with Crippen molar-refractivity contribution in [1.29, 1.82) is 0 Å². The lowest BCUT2D eigenvalue weighted by molar-refractivity contribution is -0.177. The van der Waals surface area contributed by atoms with Gasteiger partial charge in [-0.05, 0) is 97.6 Å². The van der Waals surface area contributed by atoms with Crippen LogP contribution in [0, 0.1) is 28.6 Å². The molecule has 9 nitrogen and oxygen atoms in total. The first-order chi connectivity index (χ1) is 22.6. The fourth-order valence-corrected chi connectivity index (χ4v) is 11.3. The van der Waals surface area contributed by atoms with E-state index in [0.29, 0.717) is 18.8 Å². The molecule has 10 heteroatoms. The van der Waals surface area contributed by atoms with E-state index in [1.165, 1.54) is 17.3 Å². The summed E-state index contributed by atoms with van der Waals surface area (Å²) in [5, 5.41) is 29.9. The predicted molar refractivity (Wildman–Crippen MR) is 182 cm³/mol. The Morgan fingerprint density at radius 2 is 1.87 bits per heavy atom. The maximum absolute atomic E-state index is 14.0. The standard InChI is InChI=1S/C37H40N6O3S/c1-35-17-21-19-38-43(33-39-25-8-4-5-9-26(25)40-33)29(21)16-22(35)12-13-23-24-14-15-37(46,36(24,2)18-30(44)32(23)35)31(45)20-47-34-41-27-10-6-7-11-28(27)42(34)3/h4-11,16,19,23-24,30,32,44,46H,12-15,17-18,20H2,1-3H3,(H,39,40). The number of para-hydroxylation sites is 4. The van der Waals surface area contributed by atoms with Crippen LogP contribution in [-0.2, 0) is 18.3 Å². The normalized spacial score (nSPS) is 32.9. The Morgan fingerprint density at radius 1 is 1.09 bits per heavy atom. The molecular weight excluding hydrogens is 609 g/mol. The molecule has 3 N–H and O–H groups in total. The Labute approximate surface area is 277 Å². The van der Waals surface area contributed by atoms with Crippen LogP contribution in [0.3, 0.4) is 0 Å².